The van der Waals surface area contributed by atoms with E-state index in [1.807, 2.05) is 25.2 Å². The molecule has 0 aliphatic heterocycles. The Kier molecular flexibility index (Phi) is 7.21. The number of aromatic nitrogens is 1. The van der Waals surface area contributed by atoms with Crippen LogP contribution in [0, 0.1) is 10.2 Å². The number of halogens is 1. The predicted molar refractivity (Wildman–Crippen MR) is 73.0 cm³/mol. The molecule has 0 fully saturated rings. The molecule has 0 radical (unpaired) electrons. The molecular formula is C14H18ClNO5S. The number of para-hydroxylation sites is 1. The van der Waals surface area contributed by atoms with E-state index in [0.717, 1.165) is 18.9 Å². The average Bonchev–Trinajstić information content (AvgIpc) is 2.73. The fraction of sp³-hybridized carbons (Fsp3) is 0.357. The monoisotopic (exact) mass is 347 g/mol. The molecule has 0 N–H and O–H groups in total. The molecule has 6 nitrogen and oxygen atoms in total. The van der Waals surface area contributed by atoms with Crippen molar-refractivity contribution in [2.75, 3.05) is 6.61 Å². The molecule has 8 heteroatoms. The number of hydrogen-bond acceptors (Lipinski definition) is 6. The van der Waals surface area contributed by atoms with Crippen molar-refractivity contribution < 1.29 is 38.2 Å². The molecule has 0 spiro atoms. The van der Waals surface area contributed by atoms with Crippen molar-refractivity contribution in [2.45, 2.75) is 27.3 Å². The van der Waals surface area contributed by atoms with Crippen molar-refractivity contribution in [1.29, 1.82) is 0 Å². The van der Waals surface area contributed by atoms with Gasteiger partial charge in [0.15, 0.2) is 0 Å². The highest BCUT2D eigenvalue weighted by atomic mass is 35.7. The summed E-state index contributed by atoms with van der Waals surface area (Å²) in [5, 5.41) is 1.25. The summed E-state index contributed by atoms with van der Waals surface area (Å²) in [6.45, 7) is 7.89. The SMILES string of the molecule is CCOC(C)=Cc1sc2ccccc2[n+]1CC.[O-][Cl+3]([O-])([O-])[O-]. The molecule has 2 rings (SSSR count). The second-order valence-electron chi connectivity index (χ2n) is 4.22. The minimum absolute atomic E-state index is 0.722. The summed E-state index contributed by atoms with van der Waals surface area (Å²) in [4.78, 5) is 0. The first kappa shape index (κ1) is 18.8. The lowest BCUT2D eigenvalue weighted by Crippen LogP contribution is -2.68. The van der Waals surface area contributed by atoms with Crippen molar-refractivity contribution >= 4 is 27.6 Å². The van der Waals surface area contributed by atoms with Gasteiger partial charge in [-0.05, 0) is 26.8 Å². The van der Waals surface area contributed by atoms with Crippen molar-refractivity contribution in [3.05, 3.63) is 35.0 Å². The Morgan fingerprint density at radius 1 is 1.23 bits per heavy atom. The van der Waals surface area contributed by atoms with E-state index in [1.54, 1.807) is 0 Å². The van der Waals surface area contributed by atoms with Crippen molar-refractivity contribution in [2.24, 2.45) is 0 Å². The van der Waals surface area contributed by atoms with Gasteiger partial charge in [0.05, 0.1) is 12.7 Å². The molecule has 0 bridgehead atoms. The molecule has 0 amide bonds. The maximum atomic E-state index is 8.49. The molecule has 122 valence electrons. The van der Waals surface area contributed by atoms with E-state index < -0.39 is 10.2 Å². The normalized spacial score (nSPS) is 12.0. The molecule has 1 aromatic heterocycles. The first-order chi connectivity index (χ1) is 10.3. The fourth-order valence-corrected chi connectivity index (χ4v) is 3.15. The Morgan fingerprint density at radius 3 is 2.36 bits per heavy atom. The summed E-state index contributed by atoms with van der Waals surface area (Å²) < 4.78 is 43.1. The molecule has 0 saturated heterocycles. The van der Waals surface area contributed by atoms with Crippen LogP contribution < -0.4 is 23.2 Å². The lowest BCUT2D eigenvalue weighted by atomic mass is 10.3. The summed E-state index contributed by atoms with van der Waals surface area (Å²) in [5.74, 6) is 0.973. The molecule has 0 atom stereocenters. The molecule has 22 heavy (non-hydrogen) atoms. The van der Waals surface area contributed by atoms with Gasteiger partial charge in [-0.3, -0.25) is 0 Å². The summed E-state index contributed by atoms with van der Waals surface area (Å²) in [6, 6.07) is 8.51. The van der Waals surface area contributed by atoms with Gasteiger partial charge < -0.3 is 4.74 Å². The van der Waals surface area contributed by atoms with Crippen LogP contribution >= 0.6 is 11.3 Å². The number of thiazole rings is 1. The van der Waals surface area contributed by atoms with E-state index in [-0.39, 0.29) is 0 Å². The zero-order chi connectivity index (χ0) is 16.8. The highest BCUT2D eigenvalue weighted by molar-refractivity contribution is 7.18. The van der Waals surface area contributed by atoms with Crippen LogP contribution in [0.15, 0.2) is 30.0 Å². The number of nitrogens with zero attached hydrogens (tertiary/aromatic N) is 1. The Morgan fingerprint density at radius 2 is 1.82 bits per heavy atom. The Hall–Kier alpha value is -1.22. The number of benzene rings is 1. The van der Waals surface area contributed by atoms with E-state index in [9.17, 15) is 0 Å². The average molecular weight is 348 g/mol. The maximum Gasteiger partial charge on any atom is 0.266 e. The van der Waals surface area contributed by atoms with Gasteiger partial charge in [0.2, 0.25) is 5.52 Å². The zero-order valence-electron chi connectivity index (χ0n) is 12.6. The highest BCUT2D eigenvalue weighted by Crippen LogP contribution is 2.22. The second-order valence-corrected chi connectivity index (χ2v) is 6.04. The van der Waals surface area contributed by atoms with Crippen LogP contribution in [0.5, 0.6) is 0 Å². The number of allylic oxidation sites excluding steroid dienone is 1. The van der Waals surface area contributed by atoms with Crippen molar-refractivity contribution in [3.63, 3.8) is 0 Å². The van der Waals surface area contributed by atoms with E-state index in [2.05, 4.69) is 41.8 Å². The third kappa shape index (κ3) is 6.27. The van der Waals surface area contributed by atoms with Gasteiger partial charge in [0, 0.05) is 6.07 Å². The van der Waals surface area contributed by atoms with Crippen molar-refractivity contribution in [1.82, 2.24) is 0 Å². The lowest BCUT2D eigenvalue weighted by Gasteiger charge is -2.17. The van der Waals surface area contributed by atoms with E-state index in [0.29, 0.717) is 0 Å². The van der Waals surface area contributed by atoms with Crippen LogP contribution in [-0.2, 0) is 11.3 Å². The topological polar surface area (TPSA) is 105 Å². The first-order valence-corrected chi connectivity index (χ1v) is 8.65. The largest absolute Gasteiger partial charge is 0.498 e. The van der Waals surface area contributed by atoms with Crippen LogP contribution in [0.25, 0.3) is 16.3 Å². The molecular weight excluding hydrogens is 330 g/mol. The quantitative estimate of drug-likeness (QED) is 0.513. The summed E-state index contributed by atoms with van der Waals surface area (Å²) >= 11 is 1.81. The van der Waals surface area contributed by atoms with Gasteiger partial charge in [-0.1, -0.05) is 23.5 Å². The summed E-state index contributed by atoms with van der Waals surface area (Å²) in [6.07, 6.45) is 2.12. The van der Waals surface area contributed by atoms with Crippen LogP contribution in [-0.4, -0.2) is 6.61 Å². The van der Waals surface area contributed by atoms with Gasteiger partial charge in [-0.2, -0.15) is 4.57 Å². The minimum atomic E-state index is -4.94. The Balaban J connectivity index is 0.000000422. The minimum Gasteiger partial charge on any atom is -0.498 e. The van der Waals surface area contributed by atoms with Gasteiger partial charge >= 0.3 is 0 Å². The Labute approximate surface area is 135 Å². The van der Waals surface area contributed by atoms with Gasteiger partial charge in [-0.15, -0.1) is 10.2 Å². The predicted octanol–water partition coefficient (Wildman–Crippen LogP) is -1.15. The third-order valence-electron chi connectivity index (χ3n) is 2.65. The summed E-state index contributed by atoms with van der Waals surface area (Å²) in [7, 11) is -4.94. The number of rotatable bonds is 4. The number of aryl methyl sites for hydroxylation is 1. The number of ether oxygens (including phenoxy) is 1. The van der Waals surface area contributed by atoms with Crippen LogP contribution in [0.1, 0.15) is 25.8 Å². The molecule has 1 aromatic carbocycles. The van der Waals surface area contributed by atoms with E-state index in [4.69, 9.17) is 23.4 Å². The van der Waals surface area contributed by atoms with E-state index >= 15 is 0 Å². The molecule has 0 unspecified atom stereocenters. The smallest absolute Gasteiger partial charge is 0.266 e. The Bertz CT molecular complexity index is 630. The van der Waals surface area contributed by atoms with E-state index in [1.165, 1.54) is 15.2 Å². The van der Waals surface area contributed by atoms with Crippen LogP contribution in [0.4, 0.5) is 0 Å². The molecule has 0 aliphatic carbocycles. The van der Waals surface area contributed by atoms with Crippen LogP contribution in [0.3, 0.4) is 0 Å². The first-order valence-electron chi connectivity index (χ1n) is 6.60. The van der Waals surface area contributed by atoms with Gasteiger partial charge in [0.1, 0.15) is 17.0 Å². The van der Waals surface area contributed by atoms with Gasteiger partial charge in [0.25, 0.3) is 5.01 Å². The molecule has 0 saturated carbocycles. The second kappa shape index (κ2) is 8.42. The van der Waals surface area contributed by atoms with Crippen LogP contribution in [0.2, 0.25) is 0 Å². The lowest BCUT2D eigenvalue weighted by molar-refractivity contribution is -2.00. The fourth-order valence-electron chi connectivity index (χ4n) is 1.93. The number of hydrogen-bond donors (Lipinski definition) is 0. The zero-order valence-corrected chi connectivity index (χ0v) is 14.1. The molecule has 0 aliphatic rings. The highest BCUT2D eigenvalue weighted by Gasteiger charge is 2.16. The molecule has 2 aromatic rings. The third-order valence-corrected chi connectivity index (χ3v) is 3.76. The summed E-state index contributed by atoms with van der Waals surface area (Å²) in [5.41, 5.74) is 1.30. The van der Waals surface area contributed by atoms with Crippen molar-refractivity contribution in [3.8, 4) is 0 Å². The maximum absolute atomic E-state index is 8.49. The van der Waals surface area contributed by atoms with Gasteiger partial charge in [-0.25, -0.2) is 18.6 Å². The standard InChI is InChI=1S/C14H18NOS.ClHO4/c1-4-15-12-8-6-7-9-13(12)17-14(15)10-11(3)16-5-2;2-1(3,4)5/h6-10H,4-5H2,1-3H3;(H,2,3,4,5)/q+1;/p-1. The number of fused-ring (bicyclic) bond motifs is 1. The molecule has 1 heterocycles.